The highest BCUT2D eigenvalue weighted by Gasteiger charge is 2.23. The molecule has 20 heavy (non-hydrogen) atoms. The van der Waals surface area contributed by atoms with Gasteiger partial charge in [-0.1, -0.05) is 24.3 Å². The van der Waals surface area contributed by atoms with Gasteiger partial charge in [0.15, 0.2) is 0 Å². The molecule has 108 valence electrons. The van der Waals surface area contributed by atoms with E-state index >= 15 is 0 Å². The van der Waals surface area contributed by atoms with Gasteiger partial charge in [-0.2, -0.15) is 0 Å². The average molecular weight is 279 g/mol. The van der Waals surface area contributed by atoms with E-state index in [0.717, 1.165) is 18.2 Å². The number of ether oxygens (including phenoxy) is 1. The van der Waals surface area contributed by atoms with Gasteiger partial charge in [0.25, 0.3) is 0 Å². The van der Waals surface area contributed by atoms with Crippen molar-refractivity contribution in [1.82, 2.24) is 5.32 Å². The van der Waals surface area contributed by atoms with E-state index < -0.39 is 30.3 Å². The topological polar surface area (TPSA) is 92.7 Å². The van der Waals surface area contributed by atoms with E-state index in [0.29, 0.717) is 0 Å². The number of nitrogens with one attached hydrogen (secondary N) is 1. The lowest BCUT2D eigenvalue weighted by Crippen LogP contribution is -2.43. The maximum atomic E-state index is 11.8. The molecule has 0 aliphatic rings. The van der Waals surface area contributed by atoms with Gasteiger partial charge in [-0.25, -0.2) is 4.79 Å². The molecule has 0 fully saturated rings. The number of aryl methyl sites for hydroxylation is 1. The molecule has 0 heterocycles. The van der Waals surface area contributed by atoms with Crippen LogP contribution in [0.25, 0.3) is 0 Å². The third-order valence-electron chi connectivity index (χ3n) is 2.84. The maximum absolute atomic E-state index is 11.8. The summed E-state index contributed by atoms with van der Waals surface area (Å²) in [7, 11) is 1.16. The zero-order valence-electron chi connectivity index (χ0n) is 11.4. The van der Waals surface area contributed by atoms with Gasteiger partial charge in [0.2, 0.25) is 5.91 Å². The Labute approximate surface area is 116 Å². The van der Waals surface area contributed by atoms with E-state index in [1.54, 1.807) is 12.1 Å². The van der Waals surface area contributed by atoms with Crippen LogP contribution in [0, 0.1) is 6.92 Å². The number of amides is 1. The molecule has 0 aliphatic carbocycles. The Morgan fingerprint density at radius 1 is 1.30 bits per heavy atom. The van der Waals surface area contributed by atoms with Gasteiger partial charge >= 0.3 is 11.9 Å². The molecular formula is C14H17NO5. The first kappa shape index (κ1) is 15.7. The lowest BCUT2D eigenvalue weighted by molar-refractivity contribution is -0.148. The van der Waals surface area contributed by atoms with Crippen LogP contribution in [0.15, 0.2) is 24.3 Å². The van der Waals surface area contributed by atoms with Gasteiger partial charge in [-0.05, 0) is 18.1 Å². The molecule has 0 saturated heterocycles. The summed E-state index contributed by atoms with van der Waals surface area (Å²) in [6.45, 7) is 1.87. The number of methoxy groups -OCH3 is 1. The van der Waals surface area contributed by atoms with Crippen LogP contribution >= 0.6 is 0 Å². The van der Waals surface area contributed by atoms with Crippen LogP contribution in [0.5, 0.6) is 0 Å². The minimum atomic E-state index is -1.28. The molecule has 1 amide bonds. The summed E-state index contributed by atoms with van der Waals surface area (Å²) in [6, 6.07) is 6.04. The molecule has 0 unspecified atom stereocenters. The highest BCUT2D eigenvalue weighted by Crippen LogP contribution is 2.08. The first-order chi connectivity index (χ1) is 9.43. The summed E-state index contributed by atoms with van der Waals surface area (Å²) in [5.41, 5.74) is 1.76. The Morgan fingerprint density at radius 3 is 2.50 bits per heavy atom. The summed E-state index contributed by atoms with van der Waals surface area (Å²) < 4.78 is 4.40. The van der Waals surface area contributed by atoms with Gasteiger partial charge in [0.1, 0.15) is 6.04 Å². The molecule has 1 aromatic carbocycles. The number of rotatable bonds is 6. The number of benzene rings is 1. The van der Waals surface area contributed by atoms with Crippen LogP contribution in [0.2, 0.25) is 0 Å². The standard InChI is InChI=1S/C14H17NO5/c1-9-5-3-4-6-10(9)7-12(16)15-11(14(18)19)8-13(17)20-2/h3-6,11H,7-8H2,1-2H3,(H,15,16)(H,18,19)/t11-/m0/s1. The molecule has 0 radical (unpaired) electrons. The monoisotopic (exact) mass is 279 g/mol. The molecule has 2 N–H and O–H groups in total. The number of carboxylic acid groups (broad SMARTS) is 1. The van der Waals surface area contributed by atoms with Gasteiger partial charge < -0.3 is 15.2 Å². The van der Waals surface area contributed by atoms with Crippen LogP contribution in [-0.2, 0) is 25.5 Å². The molecule has 6 heteroatoms. The Bertz CT molecular complexity index is 512. The van der Waals surface area contributed by atoms with Crippen LogP contribution < -0.4 is 5.32 Å². The minimum absolute atomic E-state index is 0.0671. The van der Waals surface area contributed by atoms with Gasteiger partial charge in [-0.3, -0.25) is 9.59 Å². The molecule has 1 atom stereocenters. The lowest BCUT2D eigenvalue weighted by Gasteiger charge is -2.13. The highest BCUT2D eigenvalue weighted by molar-refractivity contribution is 5.88. The first-order valence-corrected chi connectivity index (χ1v) is 6.07. The lowest BCUT2D eigenvalue weighted by atomic mass is 10.1. The second-order valence-electron chi connectivity index (χ2n) is 4.34. The van der Waals surface area contributed by atoms with E-state index in [1.807, 2.05) is 19.1 Å². The van der Waals surface area contributed by atoms with Crippen molar-refractivity contribution >= 4 is 17.8 Å². The highest BCUT2D eigenvalue weighted by atomic mass is 16.5. The van der Waals surface area contributed by atoms with Crippen LogP contribution in [0.4, 0.5) is 0 Å². The van der Waals surface area contributed by atoms with Gasteiger partial charge in [-0.15, -0.1) is 0 Å². The normalized spacial score (nSPS) is 11.5. The predicted molar refractivity (Wildman–Crippen MR) is 71.1 cm³/mol. The van der Waals surface area contributed by atoms with Crippen molar-refractivity contribution in [2.75, 3.05) is 7.11 Å². The number of hydrogen-bond acceptors (Lipinski definition) is 4. The van der Waals surface area contributed by atoms with Crippen LogP contribution in [0.1, 0.15) is 17.5 Å². The molecule has 0 aromatic heterocycles. The second-order valence-corrected chi connectivity index (χ2v) is 4.34. The summed E-state index contributed by atoms with van der Waals surface area (Å²) >= 11 is 0. The molecule has 1 rings (SSSR count). The maximum Gasteiger partial charge on any atom is 0.326 e. The predicted octanol–water partition coefficient (Wildman–Crippen LogP) is 0.670. The fourth-order valence-electron chi connectivity index (χ4n) is 1.68. The number of esters is 1. The minimum Gasteiger partial charge on any atom is -0.480 e. The third kappa shape index (κ3) is 4.72. The van der Waals surface area contributed by atoms with Crippen molar-refractivity contribution in [3.05, 3.63) is 35.4 Å². The number of hydrogen-bond donors (Lipinski definition) is 2. The zero-order chi connectivity index (χ0) is 15.1. The zero-order valence-corrected chi connectivity index (χ0v) is 11.4. The molecule has 0 saturated carbocycles. The largest absolute Gasteiger partial charge is 0.480 e. The molecule has 0 aliphatic heterocycles. The Hall–Kier alpha value is -2.37. The SMILES string of the molecule is COC(=O)C[C@H](NC(=O)Cc1ccccc1C)C(=O)O. The molecule has 6 nitrogen and oxygen atoms in total. The van der Waals surface area contributed by atoms with Crippen molar-refractivity contribution in [2.24, 2.45) is 0 Å². The first-order valence-electron chi connectivity index (χ1n) is 6.07. The summed E-state index contributed by atoms with van der Waals surface area (Å²) in [4.78, 5) is 33.9. The number of carbonyl (C=O) groups is 3. The third-order valence-corrected chi connectivity index (χ3v) is 2.84. The summed E-state index contributed by atoms with van der Waals surface area (Å²) in [5.74, 6) is -2.40. The van der Waals surface area contributed by atoms with E-state index in [9.17, 15) is 14.4 Å². The fraction of sp³-hybridized carbons (Fsp3) is 0.357. The Balaban J connectivity index is 2.65. The number of carbonyl (C=O) groups excluding carboxylic acids is 2. The Kier molecular flexibility index (Phi) is 5.71. The quantitative estimate of drug-likeness (QED) is 0.747. The van der Waals surface area contributed by atoms with E-state index in [1.165, 1.54) is 0 Å². The molecular weight excluding hydrogens is 262 g/mol. The van der Waals surface area contributed by atoms with Crippen molar-refractivity contribution in [2.45, 2.75) is 25.8 Å². The molecule has 1 aromatic rings. The summed E-state index contributed by atoms with van der Waals surface area (Å²) in [6.07, 6.45) is -0.330. The van der Waals surface area contributed by atoms with E-state index in [-0.39, 0.29) is 6.42 Å². The van der Waals surface area contributed by atoms with Crippen molar-refractivity contribution in [1.29, 1.82) is 0 Å². The van der Waals surface area contributed by atoms with E-state index in [2.05, 4.69) is 10.1 Å². The second kappa shape index (κ2) is 7.28. The van der Waals surface area contributed by atoms with Crippen LogP contribution in [0.3, 0.4) is 0 Å². The van der Waals surface area contributed by atoms with Crippen LogP contribution in [-0.4, -0.2) is 36.1 Å². The smallest absolute Gasteiger partial charge is 0.326 e. The summed E-state index contributed by atoms with van der Waals surface area (Å²) in [5, 5.41) is 11.3. The van der Waals surface area contributed by atoms with Crippen molar-refractivity contribution in [3.8, 4) is 0 Å². The molecule has 0 spiro atoms. The fourth-order valence-corrected chi connectivity index (χ4v) is 1.68. The van der Waals surface area contributed by atoms with Crippen molar-refractivity contribution in [3.63, 3.8) is 0 Å². The Morgan fingerprint density at radius 2 is 1.95 bits per heavy atom. The van der Waals surface area contributed by atoms with Gasteiger partial charge in [0.05, 0.1) is 20.0 Å². The van der Waals surface area contributed by atoms with E-state index in [4.69, 9.17) is 5.11 Å². The van der Waals surface area contributed by atoms with Gasteiger partial charge in [0, 0.05) is 0 Å². The average Bonchev–Trinajstić information content (AvgIpc) is 2.40. The molecule has 0 bridgehead atoms. The van der Waals surface area contributed by atoms with Crippen molar-refractivity contribution < 1.29 is 24.2 Å². The number of aliphatic carboxylic acids is 1. The number of carboxylic acids is 1.